The molecular formula is C17H17ClN2O4. The summed E-state index contributed by atoms with van der Waals surface area (Å²) in [5, 5.41) is 0.246. The number of Topliss-reactive ketones (excluding diaryl/α,β-unsaturated/α-hetero) is 2. The standard InChI is InChI=1S/C17H17ClN2O4/c1-16(2)10-7-8-17(16,13(22)12(10)21)15(24)20-19-14(23)9-5-3-4-6-11(9)18/h3-6,10H,7-8H2,1-2H3,(H,19,23)(H,20,24). The summed E-state index contributed by atoms with van der Waals surface area (Å²) < 4.78 is 0. The second-order valence-corrected chi connectivity index (χ2v) is 7.21. The summed E-state index contributed by atoms with van der Waals surface area (Å²) in [6, 6.07) is 6.40. The molecule has 0 aliphatic heterocycles. The lowest BCUT2D eigenvalue weighted by Gasteiger charge is -2.33. The van der Waals surface area contributed by atoms with E-state index in [1.54, 1.807) is 32.0 Å². The minimum Gasteiger partial charge on any atom is -0.291 e. The molecule has 0 saturated heterocycles. The fourth-order valence-electron chi connectivity index (χ4n) is 4.02. The predicted molar refractivity (Wildman–Crippen MR) is 86.0 cm³/mol. The van der Waals surface area contributed by atoms with Crippen LogP contribution in [-0.2, 0) is 14.4 Å². The van der Waals surface area contributed by atoms with E-state index in [1.807, 2.05) is 0 Å². The number of hydrazine groups is 1. The van der Waals surface area contributed by atoms with E-state index in [4.69, 9.17) is 11.6 Å². The normalized spacial score (nSPS) is 27.2. The number of carbonyl (C=O) groups is 4. The molecule has 2 atom stereocenters. The van der Waals surface area contributed by atoms with Gasteiger partial charge in [-0.1, -0.05) is 37.6 Å². The Morgan fingerprint density at radius 1 is 1.17 bits per heavy atom. The Morgan fingerprint density at radius 2 is 1.83 bits per heavy atom. The number of carbonyl (C=O) groups excluding carboxylic acids is 4. The third-order valence-corrected chi connectivity index (χ3v) is 5.83. The van der Waals surface area contributed by atoms with Gasteiger partial charge in [0.2, 0.25) is 11.6 Å². The molecule has 2 N–H and O–H groups in total. The van der Waals surface area contributed by atoms with Gasteiger partial charge in [-0.05, 0) is 30.4 Å². The summed E-state index contributed by atoms with van der Waals surface area (Å²) in [6.07, 6.45) is 0.812. The highest BCUT2D eigenvalue weighted by molar-refractivity contribution is 6.47. The number of nitrogens with one attached hydrogen (secondary N) is 2. The second-order valence-electron chi connectivity index (χ2n) is 6.80. The number of hydrogen-bond donors (Lipinski definition) is 2. The van der Waals surface area contributed by atoms with E-state index in [2.05, 4.69) is 10.9 Å². The number of ketones is 2. The van der Waals surface area contributed by atoms with Crippen LogP contribution in [0.5, 0.6) is 0 Å². The van der Waals surface area contributed by atoms with E-state index in [9.17, 15) is 19.2 Å². The van der Waals surface area contributed by atoms with Gasteiger partial charge in [0.1, 0.15) is 5.41 Å². The maximum atomic E-state index is 12.7. The Bertz CT molecular complexity index is 774. The van der Waals surface area contributed by atoms with E-state index in [-0.39, 0.29) is 10.6 Å². The van der Waals surface area contributed by atoms with Gasteiger partial charge in [0.05, 0.1) is 10.6 Å². The first kappa shape index (κ1) is 16.6. The zero-order valence-corrected chi connectivity index (χ0v) is 14.1. The number of benzene rings is 1. The largest absolute Gasteiger partial charge is 0.291 e. The van der Waals surface area contributed by atoms with Crippen molar-refractivity contribution < 1.29 is 19.2 Å². The Morgan fingerprint density at radius 3 is 2.42 bits per heavy atom. The van der Waals surface area contributed by atoms with E-state index in [0.717, 1.165) is 0 Å². The summed E-state index contributed by atoms with van der Waals surface area (Å²) in [4.78, 5) is 49.3. The van der Waals surface area contributed by atoms with E-state index in [1.165, 1.54) is 6.07 Å². The fraction of sp³-hybridized carbons (Fsp3) is 0.412. The lowest BCUT2D eigenvalue weighted by molar-refractivity contribution is -0.149. The molecule has 1 aromatic carbocycles. The van der Waals surface area contributed by atoms with Gasteiger partial charge in [0.25, 0.3) is 11.8 Å². The van der Waals surface area contributed by atoms with E-state index < -0.39 is 40.1 Å². The van der Waals surface area contributed by atoms with Gasteiger partial charge in [-0.15, -0.1) is 0 Å². The molecule has 126 valence electrons. The van der Waals surface area contributed by atoms with Crippen LogP contribution in [0.15, 0.2) is 24.3 Å². The molecule has 7 heteroatoms. The Kier molecular flexibility index (Phi) is 3.75. The number of hydrogen-bond acceptors (Lipinski definition) is 4. The Labute approximate surface area is 143 Å². The summed E-state index contributed by atoms with van der Waals surface area (Å²) in [6.45, 7) is 3.51. The van der Waals surface area contributed by atoms with Crippen LogP contribution in [0.2, 0.25) is 5.02 Å². The molecule has 3 rings (SSSR count). The van der Waals surface area contributed by atoms with Gasteiger partial charge >= 0.3 is 0 Å². The molecule has 2 aliphatic carbocycles. The van der Waals surface area contributed by atoms with Crippen LogP contribution in [0.25, 0.3) is 0 Å². The van der Waals surface area contributed by atoms with E-state index in [0.29, 0.717) is 12.8 Å². The number of amides is 2. The van der Waals surface area contributed by atoms with Crippen LogP contribution in [0.4, 0.5) is 0 Å². The topological polar surface area (TPSA) is 92.3 Å². The summed E-state index contributed by atoms with van der Waals surface area (Å²) in [5.41, 5.74) is 2.61. The Hall–Kier alpha value is -2.21. The zero-order chi connectivity index (χ0) is 17.7. The molecule has 0 aromatic heterocycles. The molecule has 2 amide bonds. The highest BCUT2D eigenvalue weighted by Gasteiger charge is 2.72. The van der Waals surface area contributed by atoms with Crippen molar-refractivity contribution in [1.82, 2.24) is 10.9 Å². The van der Waals surface area contributed by atoms with Crippen molar-refractivity contribution in [2.45, 2.75) is 26.7 Å². The first-order valence-electron chi connectivity index (χ1n) is 7.67. The average molecular weight is 349 g/mol. The molecule has 1 aromatic rings. The maximum absolute atomic E-state index is 12.7. The van der Waals surface area contributed by atoms with Gasteiger partial charge in [-0.3, -0.25) is 30.0 Å². The number of fused-ring (bicyclic) bond motifs is 2. The maximum Gasteiger partial charge on any atom is 0.271 e. The van der Waals surface area contributed by atoms with Crippen molar-refractivity contribution >= 4 is 35.0 Å². The van der Waals surface area contributed by atoms with Crippen LogP contribution in [0.1, 0.15) is 37.0 Å². The molecule has 0 spiro atoms. The lowest BCUT2D eigenvalue weighted by atomic mass is 9.68. The van der Waals surface area contributed by atoms with Crippen LogP contribution < -0.4 is 10.9 Å². The first-order chi connectivity index (χ1) is 11.2. The first-order valence-corrected chi connectivity index (χ1v) is 8.05. The van der Waals surface area contributed by atoms with Gasteiger partial charge in [0, 0.05) is 5.92 Å². The molecule has 0 radical (unpaired) electrons. The van der Waals surface area contributed by atoms with Crippen molar-refractivity contribution in [2.24, 2.45) is 16.7 Å². The molecular weight excluding hydrogens is 332 g/mol. The monoisotopic (exact) mass is 348 g/mol. The molecule has 6 nitrogen and oxygen atoms in total. The molecule has 0 heterocycles. The zero-order valence-electron chi connectivity index (χ0n) is 13.3. The molecule has 2 unspecified atom stereocenters. The molecule has 2 bridgehead atoms. The lowest BCUT2D eigenvalue weighted by Crippen LogP contribution is -2.55. The van der Waals surface area contributed by atoms with Gasteiger partial charge in [-0.25, -0.2) is 0 Å². The number of rotatable bonds is 2. The van der Waals surface area contributed by atoms with Crippen molar-refractivity contribution in [3.8, 4) is 0 Å². The highest BCUT2D eigenvalue weighted by atomic mass is 35.5. The quantitative estimate of drug-likeness (QED) is 0.483. The highest BCUT2D eigenvalue weighted by Crippen LogP contribution is 2.62. The fourth-order valence-corrected chi connectivity index (χ4v) is 4.24. The van der Waals surface area contributed by atoms with Crippen molar-refractivity contribution in [3.63, 3.8) is 0 Å². The average Bonchev–Trinajstić information content (AvgIpc) is 2.89. The summed E-state index contributed by atoms with van der Waals surface area (Å²) in [7, 11) is 0. The van der Waals surface area contributed by atoms with Gasteiger partial charge in [-0.2, -0.15) is 0 Å². The summed E-state index contributed by atoms with van der Waals surface area (Å²) >= 11 is 5.94. The third kappa shape index (κ3) is 2.02. The molecule has 2 saturated carbocycles. The van der Waals surface area contributed by atoms with Crippen molar-refractivity contribution in [1.29, 1.82) is 0 Å². The van der Waals surface area contributed by atoms with Crippen LogP contribution in [0, 0.1) is 16.7 Å². The van der Waals surface area contributed by atoms with Crippen LogP contribution >= 0.6 is 11.6 Å². The number of halogens is 1. The molecule has 2 fully saturated rings. The van der Waals surface area contributed by atoms with Crippen molar-refractivity contribution in [3.05, 3.63) is 34.9 Å². The van der Waals surface area contributed by atoms with Crippen LogP contribution in [-0.4, -0.2) is 23.4 Å². The van der Waals surface area contributed by atoms with Crippen LogP contribution in [0.3, 0.4) is 0 Å². The smallest absolute Gasteiger partial charge is 0.271 e. The minimum absolute atomic E-state index is 0.203. The van der Waals surface area contributed by atoms with Gasteiger partial charge in [0.15, 0.2) is 0 Å². The predicted octanol–water partition coefficient (Wildman–Crippen LogP) is 1.68. The third-order valence-electron chi connectivity index (χ3n) is 5.50. The van der Waals surface area contributed by atoms with Crippen molar-refractivity contribution in [2.75, 3.05) is 0 Å². The summed E-state index contributed by atoms with van der Waals surface area (Å²) in [5.74, 6) is -2.82. The SMILES string of the molecule is CC1(C)C2CCC1(C(=O)NNC(=O)c1ccccc1Cl)C(=O)C2=O. The second kappa shape index (κ2) is 5.41. The molecule has 24 heavy (non-hydrogen) atoms. The Balaban J connectivity index is 1.78. The van der Waals surface area contributed by atoms with Gasteiger partial charge < -0.3 is 0 Å². The van der Waals surface area contributed by atoms with E-state index >= 15 is 0 Å². The minimum atomic E-state index is -1.41. The molecule has 2 aliphatic rings.